The highest BCUT2D eigenvalue weighted by Crippen LogP contribution is 2.32. The highest BCUT2D eigenvalue weighted by molar-refractivity contribution is 5.98. The quantitative estimate of drug-likeness (QED) is 0.584. The smallest absolute Gasteiger partial charge is 0.252 e. The van der Waals surface area contributed by atoms with Crippen molar-refractivity contribution in [1.82, 2.24) is 15.2 Å². The van der Waals surface area contributed by atoms with E-state index in [0.29, 0.717) is 18.7 Å². The molecule has 0 saturated carbocycles. The van der Waals surface area contributed by atoms with Gasteiger partial charge in [0.05, 0.1) is 12.8 Å². The second-order valence-corrected chi connectivity index (χ2v) is 9.18. The number of carbonyl (C=O) groups excluding carboxylic acids is 2. The third-order valence-corrected chi connectivity index (χ3v) is 6.28. The van der Waals surface area contributed by atoms with Gasteiger partial charge >= 0.3 is 0 Å². The van der Waals surface area contributed by atoms with Gasteiger partial charge in [0, 0.05) is 35.8 Å². The molecule has 4 rings (SSSR count). The van der Waals surface area contributed by atoms with Crippen LogP contribution in [0.5, 0.6) is 5.75 Å². The van der Waals surface area contributed by atoms with Crippen LogP contribution in [-0.4, -0.2) is 47.4 Å². The van der Waals surface area contributed by atoms with Gasteiger partial charge in [-0.2, -0.15) is 0 Å². The topological polar surface area (TPSA) is 71.5 Å². The van der Waals surface area contributed by atoms with Crippen LogP contribution in [0.1, 0.15) is 48.7 Å². The van der Waals surface area contributed by atoms with E-state index in [1.165, 1.54) is 0 Å². The molecule has 6 heteroatoms. The maximum absolute atomic E-state index is 13.4. The third-order valence-electron chi connectivity index (χ3n) is 6.28. The number of aromatic nitrogens is 1. The van der Waals surface area contributed by atoms with Crippen LogP contribution >= 0.6 is 0 Å². The SMILES string of the molecule is COc1ccccc1-c1cccc(C2CCCN(C(=O)C(C)(C)NC(=O)c3ccccc3)C2)n1. The zero-order chi connectivity index (χ0) is 24.1. The lowest BCUT2D eigenvalue weighted by Crippen LogP contribution is -2.57. The number of carbonyl (C=O) groups is 2. The predicted molar refractivity (Wildman–Crippen MR) is 133 cm³/mol. The lowest BCUT2D eigenvalue weighted by Gasteiger charge is -2.37. The van der Waals surface area contributed by atoms with Gasteiger partial charge in [0.15, 0.2) is 0 Å². The molecule has 34 heavy (non-hydrogen) atoms. The Balaban J connectivity index is 1.49. The Bertz CT molecular complexity index is 1160. The number of nitrogens with one attached hydrogen (secondary N) is 1. The Labute approximate surface area is 201 Å². The maximum atomic E-state index is 13.4. The number of para-hydroxylation sites is 1. The summed E-state index contributed by atoms with van der Waals surface area (Å²) < 4.78 is 5.51. The molecule has 2 amide bonds. The lowest BCUT2D eigenvalue weighted by molar-refractivity contribution is -0.138. The molecule has 2 heterocycles. The first kappa shape index (κ1) is 23.5. The van der Waals surface area contributed by atoms with Crippen LogP contribution in [0.4, 0.5) is 0 Å². The number of hydrogen-bond donors (Lipinski definition) is 1. The fraction of sp³-hybridized carbons (Fsp3) is 0.321. The van der Waals surface area contributed by atoms with Crippen LogP contribution in [0.3, 0.4) is 0 Å². The van der Waals surface area contributed by atoms with E-state index in [4.69, 9.17) is 9.72 Å². The van der Waals surface area contributed by atoms with Gasteiger partial charge in [0.1, 0.15) is 11.3 Å². The molecule has 0 radical (unpaired) electrons. The van der Waals surface area contributed by atoms with Gasteiger partial charge in [-0.05, 0) is 63.1 Å². The van der Waals surface area contributed by atoms with E-state index in [-0.39, 0.29) is 17.7 Å². The van der Waals surface area contributed by atoms with Crippen LogP contribution in [0.2, 0.25) is 0 Å². The zero-order valence-corrected chi connectivity index (χ0v) is 20.0. The van der Waals surface area contributed by atoms with E-state index in [1.54, 1.807) is 33.1 Å². The average Bonchev–Trinajstić information content (AvgIpc) is 2.88. The summed E-state index contributed by atoms with van der Waals surface area (Å²) in [4.78, 5) is 32.9. The van der Waals surface area contributed by atoms with Crippen molar-refractivity contribution in [2.75, 3.05) is 20.2 Å². The van der Waals surface area contributed by atoms with Crippen molar-refractivity contribution >= 4 is 11.8 Å². The van der Waals surface area contributed by atoms with Gasteiger partial charge < -0.3 is 15.0 Å². The van der Waals surface area contributed by atoms with E-state index in [9.17, 15) is 9.59 Å². The molecule has 1 unspecified atom stereocenters. The molecule has 0 bridgehead atoms. The van der Waals surface area contributed by atoms with Crippen molar-refractivity contribution in [1.29, 1.82) is 0 Å². The predicted octanol–water partition coefficient (Wildman–Crippen LogP) is 4.67. The van der Waals surface area contributed by atoms with E-state index >= 15 is 0 Å². The van der Waals surface area contributed by atoms with Crippen molar-refractivity contribution in [2.24, 2.45) is 0 Å². The van der Waals surface area contributed by atoms with Gasteiger partial charge in [-0.15, -0.1) is 0 Å². The van der Waals surface area contributed by atoms with Crippen LogP contribution < -0.4 is 10.1 Å². The van der Waals surface area contributed by atoms with E-state index in [0.717, 1.165) is 35.5 Å². The first-order valence-electron chi connectivity index (χ1n) is 11.7. The largest absolute Gasteiger partial charge is 0.496 e. The number of pyridine rings is 1. The highest BCUT2D eigenvalue weighted by Gasteiger charge is 2.36. The molecular formula is C28H31N3O3. The molecule has 2 aromatic carbocycles. The van der Waals surface area contributed by atoms with Gasteiger partial charge in [-0.25, -0.2) is 0 Å². The van der Waals surface area contributed by atoms with Crippen molar-refractivity contribution in [3.63, 3.8) is 0 Å². The summed E-state index contributed by atoms with van der Waals surface area (Å²) in [6, 6.07) is 22.8. The molecule has 0 spiro atoms. The number of amides is 2. The van der Waals surface area contributed by atoms with Crippen molar-refractivity contribution < 1.29 is 14.3 Å². The Hall–Kier alpha value is -3.67. The number of nitrogens with zero attached hydrogens (tertiary/aromatic N) is 2. The van der Waals surface area contributed by atoms with Gasteiger partial charge in [-0.1, -0.05) is 36.4 Å². The van der Waals surface area contributed by atoms with E-state index in [1.807, 2.05) is 65.6 Å². The molecular weight excluding hydrogens is 426 g/mol. The molecule has 0 aliphatic carbocycles. The second kappa shape index (κ2) is 10.1. The number of piperidine rings is 1. The fourth-order valence-electron chi connectivity index (χ4n) is 4.48. The minimum absolute atomic E-state index is 0.0811. The highest BCUT2D eigenvalue weighted by atomic mass is 16.5. The summed E-state index contributed by atoms with van der Waals surface area (Å²) >= 11 is 0. The first-order valence-corrected chi connectivity index (χ1v) is 11.7. The Morgan fingerprint density at radius 3 is 2.50 bits per heavy atom. The van der Waals surface area contributed by atoms with Gasteiger partial charge in [0.2, 0.25) is 5.91 Å². The number of likely N-dealkylation sites (tertiary alicyclic amines) is 1. The minimum atomic E-state index is -1.01. The van der Waals surface area contributed by atoms with Crippen LogP contribution in [0.15, 0.2) is 72.8 Å². The van der Waals surface area contributed by atoms with Crippen molar-refractivity contribution in [2.45, 2.75) is 38.1 Å². The lowest BCUT2D eigenvalue weighted by atomic mass is 9.92. The summed E-state index contributed by atoms with van der Waals surface area (Å²) in [5, 5.41) is 2.91. The zero-order valence-electron chi connectivity index (χ0n) is 20.0. The van der Waals surface area contributed by atoms with Crippen molar-refractivity contribution in [3.05, 3.63) is 84.1 Å². The molecule has 1 fully saturated rings. The molecule has 3 aromatic rings. The molecule has 6 nitrogen and oxygen atoms in total. The monoisotopic (exact) mass is 457 g/mol. The molecule has 1 aliphatic rings. The number of benzene rings is 2. The fourth-order valence-corrected chi connectivity index (χ4v) is 4.48. The number of methoxy groups -OCH3 is 1. The maximum Gasteiger partial charge on any atom is 0.252 e. The van der Waals surface area contributed by atoms with Crippen LogP contribution in [-0.2, 0) is 4.79 Å². The second-order valence-electron chi connectivity index (χ2n) is 9.18. The standard InChI is InChI=1S/C28H31N3O3/c1-28(2,30-26(32)20-11-5-4-6-12-20)27(33)31-18-10-13-21(19-31)23-15-9-16-24(29-23)22-14-7-8-17-25(22)34-3/h4-9,11-12,14-17,21H,10,13,18-19H2,1-3H3,(H,30,32). The molecule has 1 atom stereocenters. The Morgan fingerprint density at radius 2 is 1.74 bits per heavy atom. The molecule has 1 aromatic heterocycles. The number of rotatable bonds is 6. The summed E-state index contributed by atoms with van der Waals surface area (Å²) in [5.41, 5.74) is 2.29. The van der Waals surface area contributed by atoms with Crippen LogP contribution in [0.25, 0.3) is 11.3 Å². The third kappa shape index (κ3) is 5.11. The summed E-state index contributed by atoms with van der Waals surface area (Å²) in [6.45, 7) is 4.78. The van der Waals surface area contributed by atoms with Crippen LogP contribution in [0, 0.1) is 0 Å². The summed E-state index contributed by atoms with van der Waals surface area (Å²) in [7, 11) is 1.66. The summed E-state index contributed by atoms with van der Waals surface area (Å²) in [5.74, 6) is 0.581. The Morgan fingerprint density at radius 1 is 1.00 bits per heavy atom. The number of ether oxygens (including phenoxy) is 1. The normalized spacial score (nSPS) is 16.1. The molecule has 1 aliphatic heterocycles. The molecule has 1 N–H and O–H groups in total. The molecule has 1 saturated heterocycles. The van der Waals surface area contributed by atoms with Gasteiger partial charge in [0.25, 0.3) is 5.91 Å². The van der Waals surface area contributed by atoms with Gasteiger partial charge in [-0.3, -0.25) is 14.6 Å². The Kier molecular flexibility index (Phi) is 6.96. The minimum Gasteiger partial charge on any atom is -0.496 e. The number of hydrogen-bond acceptors (Lipinski definition) is 4. The molecule has 176 valence electrons. The van der Waals surface area contributed by atoms with E-state index < -0.39 is 5.54 Å². The first-order chi connectivity index (χ1) is 16.4. The van der Waals surface area contributed by atoms with Crippen molar-refractivity contribution in [3.8, 4) is 17.0 Å². The summed E-state index contributed by atoms with van der Waals surface area (Å²) in [6.07, 6.45) is 1.85. The average molecular weight is 458 g/mol. The van der Waals surface area contributed by atoms with E-state index in [2.05, 4.69) is 5.32 Å².